The number of rotatable bonds is 4. The molecule has 0 fully saturated rings. The highest BCUT2D eigenvalue weighted by Gasteiger charge is 2.22. The van der Waals surface area contributed by atoms with Gasteiger partial charge in [-0.1, -0.05) is 0 Å². The topological polar surface area (TPSA) is 52.6 Å². The van der Waals surface area contributed by atoms with Crippen LogP contribution in [0.4, 0.5) is 0 Å². The van der Waals surface area contributed by atoms with Crippen LogP contribution >= 0.6 is 159 Å². The molecule has 0 saturated carbocycles. The number of carbonyl (C=O) groups is 2. The zero-order valence-corrected chi connectivity index (χ0v) is 29.4. The molecule has 30 heavy (non-hydrogen) atoms. The first-order valence-corrected chi connectivity index (χ1v) is 15.0. The predicted octanol–water partition coefficient (Wildman–Crippen LogP) is 10.4. The summed E-state index contributed by atoms with van der Waals surface area (Å²) in [5.41, 5.74) is 0. The van der Waals surface area contributed by atoms with Crippen molar-refractivity contribution >= 4 is 171 Å². The molecule has 14 heteroatoms. The highest BCUT2D eigenvalue weighted by Crippen LogP contribution is 2.49. The Balaban J connectivity index is 2.21. The van der Waals surface area contributed by atoms with E-state index in [-0.39, 0.29) is 11.5 Å². The Morgan fingerprint density at radius 3 is 0.867 bits per heavy atom. The summed E-state index contributed by atoms with van der Waals surface area (Å²) in [5, 5.41) is 0. The van der Waals surface area contributed by atoms with Crippen molar-refractivity contribution in [2.75, 3.05) is 0 Å². The van der Waals surface area contributed by atoms with Crippen LogP contribution in [0.1, 0.15) is 0 Å². The van der Waals surface area contributed by atoms with Crippen molar-refractivity contribution in [1.29, 1.82) is 0 Å². The molecule has 0 radical (unpaired) electrons. The van der Waals surface area contributed by atoms with E-state index in [2.05, 4.69) is 159 Å². The van der Waals surface area contributed by atoms with E-state index in [1.165, 1.54) is 0 Å². The minimum atomic E-state index is -0.772. The number of esters is 2. The maximum absolute atomic E-state index is 12.2. The molecule has 0 N–H and O–H groups in total. The van der Waals surface area contributed by atoms with Crippen LogP contribution in [0.3, 0.4) is 0 Å². The van der Waals surface area contributed by atoms with Crippen molar-refractivity contribution in [3.8, 4) is 11.5 Å². The SMILES string of the molecule is O=C(/C=C/C(=O)Oc1c(Br)c(Br)c(Br)c(Br)c1Br)Oc1c(Br)c(Br)c(Br)c(Br)c1Br. The first kappa shape index (κ1) is 28.2. The molecule has 0 amide bonds. The van der Waals surface area contributed by atoms with Crippen LogP contribution < -0.4 is 9.47 Å². The third-order valence-electron chi connectivity index (χ3n) is 3.10. The van der Waals surface area contributed by atoms with E-state index >= 15 is 0 Å². The fourth-order valence-electron chi connectivity index (χ4n) is 1.75. The van der Waals surface area contributed by atoms with E-state index in [4.69, 9.17) is 9.47 Å². The van der Waals surface area contributed by atoms with Crippen LogP contribution in [0.25, 0.3) is 0 Å². The van der Waals surface area contributed by atoms with Crippen LogP contribution in [0.2, 0.25) is 0 Å². The Kier molecular flexibility index (Phi) is 11.3. The predicted molar refractivity (Wildman–Crippen MR) is 150 cm³/mol. The zero-order valence-electron chi connectivity index (χ0n) is 13.6. The second kappa shape index (κ2) is 12.1. The maximum atomic E-state index is 12.2. The van der Waals surface area contributed by atoms with Crippen molar-refractivity contribution < 1.29 is 19.1 Å². The maximum Gasteiger partial charge on any atom is 0.336 e. The zero-order chi connectivity index (χ0) is 22.9. The summed E-state index contributed by atoms with van der Waals surface area (Å²) in [6, 6.07) is 0. The van der Waals surface area contributed by atoms with Crippen LogP contribution in [0.5, 0.6) is 11.5 Å². The van der Waals surface area contributed by atoms with E-state index in [9.17, 15) is 9.59 Å². The number of halogens is 10. The van der Waals surface area contributed by atoms with Crippen molar-refractivity contribution in [3.05, 3.63) is 56.9 Å². The Bertz CT molecular complexity index is 953. The highest BCUT2D eigenvalue weighted by molar-refractivity contribution is 9.16. The number of carbonyl (C=O) groups excluding carboxylic acids is 2. The molecule has 0 aliphatic carbocycles. The van der Waals surface area contributed by atoms with Crippen LogP contribution in [-0.2, 0) is 9.59 Å². The van der Waals surface area contributed by atoms with Gasteiger partial charge in [-0.3, -0.25) is 0 Å². The van der Waals surface area contributed by atoms with Gasteiger partial charge in [0.2, 0.25) is 0 Å². The fourth-order valence-corrected chi connectivity index (χ4v) is 8.10. The molecule has 0 unspecified atom stereocenters. The summed E-state index contributed by atoms with van der Waals surface area (Å²) in [7, 11) is 0. The van der Waals surface area contributed by atoms with E-state index in [0.29, 0.717) is 35.8 Å². The second-order valence-corrected chi connectivity index (χ2v) is 12.9. The molecule has 0 aliphatic rings. The molecule has 2 aromatic carbocycles. The Hall–Kier alpha value is 1.92. The van der Waals surface area contributed by atoms with Gasteiger partial charge in [-0.15, -0.1) is 0 Å². The number of hydrogen-bond acceptors (Lipinski definition) is 4. The lowest BCUT2D eigenvalue weighted by atomic mass is 10.3. The van der Waals surface area contributed by atoms with Crippen molar-refractivity contribution in [3.63, 3.8) is 0 Å². The lowest BCUT2D eigenvalue weighted by molar-refractivity contribution is -0.131. The Morgan fingerprint density at radius 2 is 0.633 bits per heavy atom. The quantitative estimate of drug-likeness (QED) is 0.101. The van der Waals surface area contributed by atoms with Gasteiger partial charge in [0, 0.05) is 21.1 Å². The van der Waals surface area contributed by atoms with Crippen LogP contribution in [0.15, 0.2) is 56.9 Å². The number of hydrogen-bond donors (Lipinski definition) is 0. The van der Waals surface area contributed by atoms with Crippen LogP contribution in [0, 0.1) is 0 Å². The molecular weight excluding hydrogens is 1060 g/mol. The smallest absolute Gasteiger partial charge is 0.336 e. The molecule has 160 valence electrons. The molecule has 0 heterocycles. The van der Waals surface area contributed by atoms with Gasteiger partial charge in [-0.05, 0) is 159 Å². The third-order valence-corrected chi connectivity index (χ3v) is 15.1. The monoisotopic (exact) mass is 1050 g/mol. The molecule has 0 bridgehead atoms. The van der Waals surface area contributed by atoms with E-state index in [1.54, 1.807) is 0 Å². The van der Waals surface area contributed by atoms with Gasteiger partial charge in [-0.25, -0.2) is 9.59 Å². The molecular formula is C16H2Br10O4. The largest absolute Gasteiger partial charge is 0.421 e. The Labute approximate surface area is 254 Å². The summed E-state index contributed by atoms with van der Waals surface area (Å²) in [6.45, 7) is 0. The summed E-state index contributed by atoms with van der Waals surface area (Å²) in [5.74, 6) is -1.09. The van der Waals surface area contributed by atoms with Gasteiger partial charge in [0.15, 0.2) is 11.5 Å². The van der Waals surface area contributed by atoms with Gasteiger partial charge in [0.05, 0.1) is 35.8 Å². The standard InChI is InChI=1S/C16H2Br10O4/c17-5-7(19)11(23)15(12(24)8(5)20)29-3(27)1-2-4(28)30-16-13(25)9(21)6(18)10(22)14(16)26/h1-2H/b2-1+. The van der Waals surface area contributed by atoms with Gasteiger partial charge in [-0.2, -0.15) is 0 Å². The van der Waals surface area contributed by atoms with E-state index < -0.39 is 11.9 Å². The number of benzene rings is 2. The van der Waals surface area contributed by atoms with E-state index in [1.807, 2.05) is 0 Å². The minimum Gasteiger partial charge on any atom is -0.421 e. The molecule has 0 aliphatic heterocycles. The normalized spacial score (nSPS) is 11.1. The van der Waals surface area contributed by atoms with Gasteiger partial charge in [0.1, 0.15) is 0 Å². The Morgan fingerprint density at radius 1 is 0.433 bits per heavy atom. The molecule has 0 aromatic heterocycles. The summed E-state index contributed by atoms with van der Waals surface area (Å²) < 4.78 is 16.7. The summed E-state index contributed by atoms with van der Waals surface area (Å²) in [4.78, 5) is 24.5. The van der Waals surface area contributed by atoms with Crippen molar-refractivity contribution in [2.24, 2.45) is 0 Å². The average Bonchev–Trinajstić information content (AvgIpc) is 2.72. The van der Waals surface area contributed by atoms with Crippen molar-refractivity contribution in [2.45, 2.75) is 0 Å². The fraction of sp³-hybridized carbons (Fsp3) is 0. The van der Waals surface area contributed by atoms with Gasteiger partial charge >= 0.3 is 11.9 Å². The first-order chi connectivity index (χ1) is 13.9. The molecule has 0 spiro atoms. The van der Waals surface area contributed by atoms with Crippen molar-refractivity contribution in [1.82, 2.24) is 0 Å². The summed E-state index contributed by atoms with van der Waals surface area (Å²) >= 11 is 33.8. The highest BCUT2D eigenvalue weighted by atomic mass is 79.9. The molecule has 4 nitrogen and oxygen atoms in total. The van der Waals surface area contributed by atoms with Crippen LogP contribution in [-0.4, -0.2) is 11.9 Å². The lowest BCUT2D eigenvalue weighted by Gasteiger charge is -2.13. The van der Waals surface area contributed by atoms with E-state index in [0.717, 1.165) is 21.1 Å². The second-order valence-electron chi connectivity index (χ2n) is 4.97. The number of ether oxygens (including phenoxy) is 2. The third kappa shape index (κ3) is 6.32. The lowest BCUT2D eigenvalue weighted by Crippen LogP contribution is -2.10. The first-order valence-electron chi connectivity index (χ1n) is 7.03. The minimum absolute atomic E-state index is 0.228. The summed E-state index contributed by atoms with van der Waals surface area (Å²) in [6.07, 6.45) is 1.94. The van der Waals surface area contributed by atoms with Gasteiger partial charge < -0.3 is 9.47 Å². The molecule has 2 aromatic rings. The van der Waals surface area contributed by atoms with Gasteiger partial charge in [0.25, 0.3) is 0 Å². The molecule has 0 saturated heterocycles. The molecule has 2 rings (SSSR count). The molecule has 0 atom stereocenters. The average molecular weight is 1060 g/mol.